The predicted molar refractivity (Wildman–Crippen MR) is 74.9 cm³/mol. The number of nitrogens with one attached hydrogen (secondary N) is 1. The lowest BCUT2D eigenvalue weighted by atomic mass is 10.1. The first-order valence-corrected chi connectivity index (χ1v) is 6.30. The lowest BCUT2D eigenvalue weighted by Gasteiger charge is -2.05. The SMILES string of the molecule is Cc1cnc(C(=O)NCC(=O)c2ccccc2Cl)cn1. The molecule has 0 atom stereocenters. The summed E-state index contributed by atoms with van der Waals surface area (Å²) in [6.45, 7) is 1.63. The summed E-state index contributed by atoms with van der Waals surface area (Å²) >= 11 is 5.91. The van der Waals surface area contributed by atoms with Gasteiger partial charge in [-0.15, -0.1) is 0 Å². The molecular formula is C14H12ClN3O2. The number of hydrogen-bond acceptors (Lipinski definition) is 4. The van der Waals surface area contributed by atoms with Crippen molar-refractivity contribution in [3.05, 3.63) is 58.6 Å². The molecule has 0 aliphatic heterocycles. The average Bonchev–Trinajstić information content (AvgIpc) is 2.45. The molecular weight excluding hydrogens is 278 g/mol. The van der Waals surface area contributed by atoms with Crippen LogP contribution < -0.4 is 5.32 Å². The lowest BCUT2D eigenvalue weighted by molar-refractivity contribution is 0.0900. The summed E-state index contributed by atoms with van der Waals surface area (Å²) in [6.07, 6.45) is 2.86. The van der Waals surface area contributed by atoms with Crippen molar-refractivity contribution in [3.63, 3.8) is 0 Å². The molecule has 1 heterocycles. The summed E-state index contributed by atoms with van der Waals surface area (Å²) in [5.74, 6) is -0.707. The third-order valence-corrected chi connectivity index (χ3v) is 2.93. The maximum absolute atomic E-state index is 11.9. The van der Waals surface area contributed by atoms with E-state index in [4.69, 9.17) is 11.6 Å². The summed E-state index contributed by atoms with van der Waals surface area (Å²) in [5, 5.41) is 2.86. The van der Waals surface area contributed by atoms with Gasteiger partial charge in [0.05, 0.1) is 23.5 Å². The number of nitrogens with zero attached hydrogens (tertiary/aromatic N) is 2. The Hall–Kier alpha value is -2.27. The molecule has 0 aliphatic rings. The van der Waals surface area contributed by atoms with E-state index < -0.39 is 5.91 Å². The van der Waals surface area contributed by atoms with Gasteiger partial charge in [-0.05, 0) is 19.1 Å². The second kappa shape index (κ2) is 6.25. The Labute approximate surface area is 121 Å². The first-order chi connectivity index (χ1) is 9.58. The molecule has 0 fully saturated rings. The Kier molecular flexibility index (Phi) is 4.42. The van der Waals surface area contributed by atoms with Gasteiger partial charge in [-0.25, -0.2) is 4.98 Å². The maximum atomic E-state index is 11.9. The molecule has 0 unspecified atom stereocenters. The predicted octanol–water partition coefficient (Wildman–Crippen LogP) is 2.05. The van der Waals surface area contributed by atoms with E-state index in [0.717, 1.165) is 0 Å². The Morgan fingerprint density at radius 3 is 2.60 bits per heavy atom. The van der Waals surface area contributed by atoms with Crippen LogP contribution in [0.25, 0.3) is 0 Å². The van der Waals surface area contributed by atoms with Crippen molar-refractivity contribution in [1.29, 1.82) is 0 Å². The number of halogens is 1. The van der Waals surface area contributed by atoms with Gasteiger partial charge < -0.3 is 5.32 Å². The largest absolute Gasteiger partial charge is 0.343 e. The highest BCUT2D eigenvalue weighted by atomic mass is 35.5. The highest BCUT2D eigenvalue weighted by Gasteiger charge is 2.13. The van der Waals surface area contributed by atoms with Crippen LogP contribution in [0.3, 0.4) is 0 Å². The number of hydrogen-bond donors (Lipinski definition) is 1. The first kappa shape index (κ1) is 14.1. The van der Waals surface area contributed by atoms with Gasteiger partial charge >= 0.3 is 0 Å². The zero-order valence-electron chi connectivity index (χ0n) is 10.8. The van der Waals surface area contributed by atoms with E-state index in [0.29, 0.717) is 16.3 Å². The molecule has 6 heteroatoms. The maximum Gasteiger partial charge on any atom is 0.271 e. The van der Waals surface area contributed by atoms with Crippen molar-refractivity contribution >= 4 is 23.3 Å². The van der Waals surface area contributed by atoms with Crippen molar-refractivity contribution in [2.24, 2.45) is 0 Å². The first-order valence-electron chi connectivity index (χ1n) is 5.92. The Morgan fingerprint density at radius 1 is 1.20 bits per heavy atom. The molecule has 0 spiro atoms. The second-order valence-corrected chi connectivity index (χ2v) is 4.54. The summed E-state index contributed by atoms with van der Waals surface area (Å²) < 4.78 is 0. The fourth-order valence-electron chi connectivity index (χ4n) is 1.54. The smallest absolute Gasteiger partial charge is 0.271 e. The number of ketones is 1. The molecule has 1 aromatic carbocycles. The van der Waals surface area contributed by atoms with Crippen LogP contribution in [0.5, 0.6) is 0 Å². The van der Waals surface area contributed by atoms with Gasteiger partial charge in [0.15, 0.2) is 5.78 Å². The average molecular weight is 290 g/mol. The molecule has 1 aromatic heterocycles. The summed E-state index contributed by atoms with van der Waals surface area (Å²) in [5.41, 5.74) is 1.26. The zero-order chi connectivity index (χ0) is 14.5. The molecule has 0 saturated carbocycles. The lowest BCUT2D eigenvalue weighted by Crippen LogP contribution is -2.30. The van der Waals surface area contributed by atoms with E-state index in [-0.39, 0.29) is 18.0 Å². The van der Waals surface area contributed by atoms with E-state index in [9.17, 15) is 9.59 Å². The van der Waals surface area contributed by atoms with Crippen LogP contribution in [0, 0.1) is 6.92 Å². The van der Waals surface area contributed by atoms with Crippen LogP contribution in [-0.2, 0) is 0 Å². The Morgan fingerprint density at radius 2 is 1.95 bits per heavy atom. The van der Waals surface area contributed by atoms with E-state index in [1.165, 1.54) is 12.4 Å². The molecule has 2 aromatic rings. The van der Waals surface area contributed by atoms with Crippen molar-refractivity contribution in [3.8, 4) is 0 Å². The molecule has 20 heavy (non-hydrogen) atoms. The topological polar surface area (TPSA) is 72.0 Å². The van der Waals surface area contributed by atoms with Crippen molar-refractivity contribution < 1.29 is 9.59 Å². The molecule has 5 nitrogen and oxygen atoms in total. The van der Waals surface area contributed by atoms with Gasteiger partial charge in [-0.2, -0.15) is 0 Å². The van der Waals surface area contributed by atoms with Crippen LogP contribution in [0.15, 0.2) is 36.7 Å². The Bertz CT molecular complexity index is 641. The third-order valence-electron chi connectivity index (χ3n) is 2.60. The molecule has 2 rings (SSSR count). The monoisotopic (exact) mass is 289 g/mol. The van der Waals surface area contributed by atoms with Gasteiger partial charge in [0.2, 0.25) is 0 Å². The summed E-state index contributed by atoms with van der Waals surface area (Å²) in [7, 11) is 0. The van der Waals surface area contributed by atoms with Gasteiger partial charge in [-0.1, -0.05) is 23.7 Å². The molecule has 0 aliphatic carbocycles. The minimum Gasteiger partial charge on any atom is -0.343 e. The number of rotatable bonds is 4. The zero-order valence-corrected chi connectivity index (χ0v) is 11.5. The van der Waals surface area contributed by atoms with Gasteiger partial charge in [0.25, 0.3) is 5.91 Å². The van der Waals surface area contributed by atoms with E-state index >= 15 is 0 Å². The summed E-state index contributed by atoms with van der Waals surface area (Å²) in [6, 6.07) is 6.69. The van der Waals surface area contributed by atoms with Crippen LogP contribution in [0.4, 0.5) is 0 Å². The van der Waals surface area contributed by atoms with Crippen molar-refractivity contribution in [1.82, 2.24) is 15.3 Å². The number of carbonyl (C=O) groups excluding carboxylic acids is 2. The molecule has 0 radical (unpaired) electrons. The van der Waals surface area contributed by atoms with E-state index in [1.807, 2.05) is 0 Å². The molecule has 1 N–H and O–H groups in total. The second-order valence-electron chi connectivity index (χ2n) is 4.13. The molecule has 0 saturated heterocycles. The molecule has 1 amide bonds. The van der Waals surface area contributed by atoms with E-state index in [1.54, 1.807) is 31.2 Å². The van der Waals surface area contributed by atoms with Gasteiger partial charge in [0.1, 0.15) is 5.69 Å². The number of carbonyl (C=O) groups is 2. The molecule has 102 valence electrons. The summed E-state index contributed by atoms with van der Waals surface area (Å²) in [4.78, 5) is 31.6. The van der Waals surface area contributed by atoms with Crippen molar-refractivity contribution in [2.45, 2.75) is 6.92 Å². The standard InChI is InChI=1S/C14H12ClN3O2/c1-9-6-17-12(7-16-9)14(20)18-8-13(19)10-4-2-3-5-11(10)15/h2-7H,8H2,1H3,(H,18,20). The van der Waals surface area contributed by atoms with Crippen molar-refractivity contribution in [2.75, 3.05) is 6.54 Å². The normalized spacial score (nSPS) is 10.1. The number of aromatic nitrogens is 2. The van der Waals surface area contributed by atoms with Crippen LogP contribution in [0.2, 0.25) is 5.02 Å². The number of benzene rings is 1. The highest BCUT2D eigenvalue weighted by Crippen LogP contribution is 2.14. The van der Waals surface area contributed by atoms with Gasteiger partial charge in [-0.3, -0.25) is 14.6 Å². The van der Waals surface area contributed by atoms with Crippen LogP contribution in [-0.4, -0.2) is 28.2 Å². The number of Topliss-reactive ketones (excluding diaryl/α,β-unsaturated/α-hetero) is 1. The third kappa shape index (κ3) is 3.39. The fourth-order valence-corrected chi connectivity index (χ4v) is 1.78. The fraction of sp³-hybridized carbons (Fsp3) is 0.143. The highest BCUT2D eigenvalue weighted by molar-refractivity contribution is 6.34. The van der Waals surface area contributed by atoms with Gasteiger partial charge in [0, 0.05) is 11.8 Å². The quantitative estimate of drug-likeness (QED) is 0.875. The number of amides is 1. The van der Waals surface area contributed by atoms with E-state index in [2.05, 4.69) is 15.3 Å². The minimum absolute atomic E-state index is 0.141. The van der Waals surface area contributed by atoms with Crippen LogP contribution >= 0.6 is 11.6 Å². The molecule has 0 bridgehead atoms. The Balaban J connectivity index is 1.99. The minimum atomic E-state index is -0.446. The van der Waals surface area contributed by atoms with Crippen LogP contribution in [0.1, 0.15) is 26.5 Å². The number of aryl methyl sites for hydroxylation is 1.